The maximum Gasteiger partial charge on any atom is 0.240 e. The SMILES string of the molecule is CCCNc1cc(S(=O)(=O)NC2CCC(C(=O)N3CCNC[C@@H]3c3ccccc3)CC2)ccc1Cl. The summed E-state index contributed by atoms with van der Waals surface area (Å²) in [6, 6.07) is 14.7. The van der Waals surface area contributed by atoms with Gasteiger partial charge in [0.15, 0.2) is 0 Å². The first-order valence-electron chi connectivity index (χ1n) is 12.5. The van der Waals surface area contributed by atoms with Crippen molar-refractivity contribution in [1.29, 1.82) is 0 Å². The Morgan fingerprint density at radius 2 is 1.86 bits per heavy atom. The number of anilines is 1. The van der Waals surface area contributed by atoms with Gasteiger partial charge in [-0.05, 0) is 55.9 Å². The van der Waals surface area contributed by atoms with E-state index in [2.05, 4.69) is 27.5 Å². The van der Waals surface area contributed by atoms with Gasteiger partial charge < -0.3 is 15.5 Å². The predicted octanol–water partition coefficient (Wildman–Crippen LogP) is 4.17. The summed E-state index contributed by atoms with van der Waals surface area (Å²) in [5.41, 5.74) is 1.76. The molecule has 2 aromatic carbocycles. The van der Waals surface area contributed by atoms with Crippen molar-refractivity contribution < 1.29 is 13.2 Å². The summed E-state index contributed by atoms with van der Waals surface area (Å²) in [5, 5.41) is 7.08. The standard InChI is InChI=1S/C26H35ClN4O3S/c1-2-14-29-24-17-22(12-13-23(24)27)35(33,34)30-21-10-8-20(9-11-21)26(32)31-16-15-28-18-25(31)19-6-4-3-5-7-19/h3-7,12-13,17,20-21,25,28-30H,2,8-11,14-16,18H2,1H3/t20?,21?,25-/m1/s1. The van der Waals surface area contributed by atoms with Crippen LogP contribution in [0.1, 0.15) is 50.6 Å². The fourth-order valence-electron chi connectivity index (χ4n) is 4.99. The van der Waals surface area contributed by atoms with Gasteiger partial charge in [-0.3, -0.25) is 4.79 Å². The Balaban J connectivity index is 1.36. The van der Waals surface area contributed by atoms with Gasteiger partial charge in [-0.2, -0.15) is 0 Å². The zero-order valence-corrected chi connectivity index (χ0v) is 21.7. The van der Waals surface area contributed by atoms with Gasteiger partial charge in [0.1, 0.15) is 0 Å². The first-order valence-corrected chi connectivity index (χ1v) is 14.4. The molecule has 1 aliphatic carbocycles. The van der Waals surface area contributed by atoms with Gasteiger partial charge in [0.25, 0.3) is 0 Å². The summed E-state index contributed by atoms with van der Waals surface area (Å²) >= 11 is 6.22. The quantitative estimate of drug-likeness (QED) is 0.488. The number of piperazine rings is 1. The zero-order chi connectivity index (χ0) is 24.8. The van der Waals surface area contributed by atoms with Crippen LogP contribution in [0, 0.1) is 5.92 Å². The minimum atomic E-state index is -3.68. The number of hydrogen-bond acceptors (Lipinski definition) is 5. The molecule has 1 amide bonds. The van der Waals surface area contributed by atoms with Crippen LogP contribution >= 0.6 is 11.6 Å². The van der Waals surface area contributed by atoms with E-state index in [9.17, 15) is 13.2 Å². The van der Waals surface area contributed by atoms with E-state index < -0.39 is 10.0 Å². The lowest BCUT2D eigenvalue weighted by Crippen LogP contribution is -2.51. The molecule has 4 rings (SSSR count). The number of carbonyl (C=O) groups excluding carboxylic acids is 1. The molecule has 2 fully saturated rings. The molecular formula is C26H35ClN4O3S. The lowest BCUT2D eigenvalue weighted by atomic mass is 9.85. The van der Waals surface area contributed by atoms with E-state index >= 15 is 0 Å². The Labute approximate surface area is 213 Å². The van der Waals surface area contributed by atoms with Gasteiger partial charge in [-0.25, -0.2) is 13.1 Å². The van der Waals surface area contributed by atoms with Crippen LogP contribution in [-0.2, 0) is 14.8 Å². The van der Waals surface area contributed by atoms with Crippen LogP contribution in [0.5, 0.6) is 0 Å². The predicted molar refractivity (Wildman–Crippen MR) is 140 cm³/mol. The van der Waals surface area contributed by atoms with Gasteiger partial charge in [-0.1, -0.05) is 48.9 Å². The number of amides is 1. The maximum atomic E-state index is 13.4. The van der Waals surface area contributed by atoms with Crippen molar-refractivity contribution in [2.75, 3.05) is 31.5 Å². The highest BCUT2D eigenvalue weighted by Gasteiger charge is 2.35. The Morgan fingerprint density at radius 3 is 2.57 bits per heavy atom. The maximum absolute atomic E-state index is 13.4. The average molecular weight is 519 g/mol. The second-order valence-corrected chi connectivity index (χ2v) is 11.5. The van der Waals surface area contributed by atoms with E-state index in [1.807, 2.05) is 30.0 Å². The van der Waals surface area contributed by atoms with E-state index in [0.29, 0.717) is 49.5 Å². The monoisotopic (exact) mass is 518 g/mol. The minimum Gasteiger partial charge on any atom is -0.384 e. The average Bonchev–Trinajstić information content (AvgIpc) is 2.88. The third kappa shape index (κ3) is 6.36. The van der Waals surface area contributed by atoms with E-state index in [-0.39, 0.29) is 28.8 Å². The molecule has 3 N–H and O–H groups in total. The third-order valence-electron chi connectivity index (χ3n) is 6.92. The molecule has 2 aliphatic rings. The number of sulfonamides is 1. The fraction of sp³-hybridized carbons (Fsp3) is 0.500. The molecule has 1 saturated carbocycles. The molecule has 0 bridgehead atoms. The second-order valence-electron chi connectivity index (χ2n) is 9.40. The van der Waals surface area contributed by atoms with E-state index in [1.54, 1.807) is 12.1 Å². The van der Waals surface area contributed by atoms with E-state index in [1.165, 1.54) is 6.07 Å². The molecular weight excluding hydrogens is 484 g/mol. The highest BCUT2D eigenvalue weighted by molar-refractivity contribution is 7.89. The molecule has 1 aliphatic heterocycles. The Hall–Kier alpha value is -2.13. The summed E-state index contributed by atoms with van der Waals surface area (Å²) in [7, 11) is -3.68. The van der Waals surface area contributed by atoms with Crippen LogP contribution in [0.15, 0.2) is 53.4 Å². The van der Waals surface area contributed by atoms with Crippen molar-refractivity contribution in [2.24, 2.45) is 5.92 Å². The normalized spacial score (nSPS) is 23.1. The summed E-state index contributed by atoms with van der Waals surface area (Å²) in [6.45, 7) is 4.98. The minimum absolute atomic E-state index is 0.0362. The van der Waals surface area contributed by atoms with Gasteiger partial charge in [0.05, 0.1) is 21.6 Å². The molecule has 2 aromatic rings. The highest BCUT2D eigenvalue weighted by Crippen LogP contribution is 2.32. The van der Waals surface area contributed by atoms with Crippen LogP contribution < -0.4 is 15.4 Å². The lowest BCUT2D eigenvalue weighted by molar-refractivity contribution is -0.140. The summed E-state index contributed by atoms with van der Waals surface area (Å²) in [5.74, 6) is 0.117. The third-order valence-corrected chi connectivity index (χ3v) is 8.77. The number of hydrogen-bond donors (Lipinski definition) is 3. The molecule has 1 heterocycles. The number of nitrogens with zero attached hydrogens (tertiary/aromatic N) is 1. The molecule has 35 heavy (non-hydrogen) atoms. The summed E-state index contributed by atoms with van der Waals surface area (Å²) in [6.07, 6.45) is 3.56. The van der Waals surface area contributed by atoms with Gasteiger partial charge >= 0.3 is 0 Å². The van der Waals surface area contributed by atoms with Crippen LogP contribution in [0.2, 0.25) is 5.02 Å². The van der Waals surface area contributed by atoms with Crippen LogP contribution in [0.25, 0.3) is 0 Å². The topological polar surface area (TPSA) is 90.5 Å². The largest absolute Gasteiger partial charge is 0.384 e. The van der Waals surface area contributed by atoms with Crippen molar-refractivity contribution in [3.05, 3.63) is 59.1 Å². The number of rotatable bonds is 8. The second kappa shape index (κ2) is 11.7. The molecule has 0 aromatic heterocycles. The molecule has 9 heteroatoms. The Kier molecular flexibility index (Phi) is 8.70. The van der Waals surface area contributed by atoms with Crippen molar-refractivity contribution in [1.82, 2.24) is 14.9 Å². The van der Waals surface area contributed by atoms with Crippen LogP contribution in [0.4, 0.5) is 5.69 Å². The molecule has 1 atom stereocenters. The van der Waals surface area contributed by atoms with Crippen molar-refractivity contribution in [3.8, 4) is 0 Å². The number of halogens is 1. The van der Waals surface area contributed by atoms with Crippen LogP contribution in [0.3, 0.4) is 0 Å². The van der Waals surface area contributed by atoms with Crippen molar-refractivity contribution in [2.45, 2.75) is 56.0 Å². The molecule has 7 nitrogen and oxygen atoms in total. The van der Waals surface area contributed by atoms with Gasteiger partial charge in [-0.15, -0.1) is 0 Å². The highest BCUT2D eigenvalue weighted by atomic mass is 35.5. The molecule has 0 unspecified atom stereocenters. The van der Waals surface area contributed by atoms with Gasteiger partial charge in [0.2, 0.25) is 15.9 Å². The molecule has 0 radical (unpaired) electrons. The fourth-order valence-corrected chi connectivity index (χ4v) is 6.50. The number of benzene rings is 2. The molecule has 1 saturated heterocycles. The van der Waals surface area contributed by atoms with E-state index in [0.717, 1.165) is 25.1 Å². The van der Waals surface area contributed by atoms with Crippen LogP contribution in [-0.4, -0.2) is 51.4 Å². The van der Waals surface area contributed by atoms with Crippen molar-refractivity contribution >= 4 is 33.2 Å². The Morgan fingerprint density at radius 1 is 1.11 bits per heavy atom. The lowest BCUT2D eigenvalue weighted by Gasteiger charge is -2.40. The Bertz CT molecular complexity index is 1100. The van der Waals surface area contributed by atoms with E-state index in [4.69, 9.17) is 11.6 Å². The first-order chi connectivity index (χ1) is 16.9. The summed E-state index contributed by atoms with van der Waals surface area (Å²) < 4.78 is 28.9. The summed E-state index contributed by atoms with van der Waals surface area (Å²) in [4.78, 5) is 15.7. The van der Waals surface area contributed by atoms with Crippen molar-refractivity contribution in [3.63, 3.8) is 0 Å². The number of nitrogens with one attached hydrogen (secondary N) is 3. The molecule has 190 valence electrons. The number of carbonyl (C=O) groups is 1. The first kappa shape index (κ1) is 25.9. The zero-order valence-electron chi connectivity index (χ0n) is 20.2. The van der Waals surface area contributed by atoms with Gasteiger partial charge in [0, 0.05) is 38.1 Å². The molecule has 0 spiro atoms. The smallest absolute Gasteiger partial charge is 0.240 e.